The van der Waals surface area contributed by atoms with Gasteiger partial charge >= 0.3 is 0 Å². The molecular weight excluding hydrogens is 476 g/mol. The Hall–Kier alpha value is -0.0800. The highest BCUT2D eigenvalue weighted by molar-refractivity contribution is 4.57. The molecule has 0 unspecified atom stereocenters. The minimum atomic E-state index is -0.0256. The second-order valence-electron chi connectivity index (χ2n) is 12.5. The first-order valence-electron chi connectivity index (χ1n) is 18.5. The van der Waals surface area contributed by atoms with Gasteiger partial charge in [-0.25, -0.2) is 0 Å². The normalized spacial score (nSPS) is 11.2. The van der Waals surface area contributed by atoms with Gasteiger partial charge in [0, 0.05) is 6.61 Å². The first-order chi connectivity index (χ1) is 19.2. The van der Waals surface area contributed by atoms with Crippen LogP contribution in [0.25, 0.3) is 0 Å². The van der Waals surface area contributed by atoms with Crippen LogP contribution >= 0.6 is 0 Å². The number of aliphatic hydroxyl groups excluding tert-OH is 2. The molecule has 0 aromatic carbocycles. The van der Waals surface area contributed by atoms with Gasteiger partial charge < -0.3 is 10.2 Å². The molecule has 0 amide bonds. The van der Waals surface area contributed by atoms with Crippen molar-refractivity contribution in [2.45, 2.75) is 232 Å². The van der Waals surface area contributed by atoms with E-state index in [2.05, 4.69) is 20.8 Å². The summed E-state index contributed by atoms with van der Waals surface area (Å²) in [6, 6.07) is 0. The van der Waals surface area contributed by atoms with Crippen LogP contribution in [0.3, 0.4) is 0 Å². The van der Waals surface area contributed by atoms with Gasteiger partial charge in [-0.05, 0) is 19.3 Å². The summed E-state index contributed by atoms with van der Waals surface area (Å²) >= 11 is 0. The van der Waals surface area contributed by atoms with E-state index in [0.29, 0.717) is 6.61 Å². The second-order valence-corrected chi connectivity index (χ2v) is 12.5. The molecule has 238 valence electrons. The fourth-order valence-electron chi connectivity index (χ4n) is 5.48. The van der Waals surface area contributed by atoms with Gasteiger partial charge in [0.25, 0.3) is 0 Å². The number of rotatable bonds is 32. The van der Waals surface area contributed by atoms with E-state index in [0.717, 1.165) is 19.3 Å². The Morgan fingerprint density at radius 1 is 0.308 bits per heavy atom. The van der Waals surface area contributed by atoms with Crippen molar-refractivity contribution in [2.75, 3.05) is 6.61 Å². The SMILES string of the molecule is CCCCCCCCC(O)CCCCCCCC.CCCCCCCCCCCCCCCCCCCCO. The van der Waals surface area contributed by atoms with Crippen LogP contribution in [0.1, 0.15) is 226 Å². The minimum absolute atomic E-state index is 0.0256. The van der Waals surface area contributed by atoms with Crippen LogP contribution in [0.5, 0.6) is 0 Å². The Balaban J connectivity index is 0. The molecule has 2 N–H and O–H groups in total. The van der Waals surface area contributed by atoms with Gasteiger partial charge in [0.1, 0.15) is 0 Å². The largest absolute Gasteiger partial charge is 0.396 e. The van der Waals surface area contributed by atoms with Crippen molar-refractivity contribution >= 4 is 0 Å². The molecule has 2 heteroatoms. The molecule has 39 heavy (non-hydrogen) atoms. The maximum absolute atomic E-state index is 9.85. The highest BCUT2D eigenvalue weighted by atomic mass is 16.3. The third kappa shape index (κ3) is 42.5. The zero-order valence-corrected chi connectivity index (χ0v) is 27.8. The quantitative estimate of drug-likeness (QED) is 0.0812. The molecule has 0 aliphatic rings. The van der Waals surface area contributed by atoms with Gasteiger partial charge in [-0.3, -0.25) is 0 Å². The van der Waals surface area contributed by atoms with E-state index in [-0.39, 0.29) is 6.10 Å². The van der Waals surface area contributed by atoms with Crippen molar-refractivity contribution < 1.29 is 10.2 Å². The van der Waals surface area contributed by atoms with Crippen LogP contribution in [0.2, 0.25) is 0 Å². The van der Waals surface area contributed by atoms with Crippen molar-refractivity contribution in [1.82, 2.24) is 0 Å². The molecule has 0 saturated heterocycles. The van der Waals surface area contributed by atoms with Crippen molar-refractivity contribution in [3.8, 4) is 0 Å². The summed E-state index contributed by atoms with van der Waals surface area (Å²) < 4.78 is 0. The van der Waals surface area contributed by atoms with Gasteiger partial charge in [0.15, 0.2) is 0 Å². The van der Waals surface area contributed by atoms with E-state index < -0.39 is 0 Å². The fourth-order valence-corrected chi connectivity index (χ4v) is 5.48. The summed E-state index contributed by atoms with van der Waals surface area (Å²) in [6.07, 6.45) is 43.1. The molecule has 0 atom stereocenters. The first-order valence-corrected chi connectivity index (χ1v) is 18.5. The predicted octanol–water partition coefficient (Wildman–Crippen LogP) is 12.9. The van der Waals surface area contributed by atoms with Gasteiger partial charge in [-0.1, -0.05) is 207 Å². The van der Waals surface area contributed by atoms with Crippen LogP contribution in [0.4, 0.5) is 0 Å². The summed E-state index contributed by atoms with van der Waals surface area (Å²) in [7, 11) is 0. The summed E-state index contributed by atoms with van der Waals surface area (Å²) in [5.74, 6) is 0. The predicted molar refractivity (Wildman–Crippen MR) is 178 cm³/mol. The number of aliphatic hydroxyl groups is 2. The molecule has 0 fully saturated rings. The van der Waals surface area contributed by atoms with Crippen molar-refractivity contribution in [3.63, 3.8) is 0 Å². The Morgan fingerprint density at radius 3 is 0.744 bits per heavy atom. The number of hydrogen-bond acceptors (Lipinski definition) is 2. The lowest BCUT2D eigenvalue weighted by atomic mass is 10.0. The topological polar surface area (TPSA) is 40.5 Å². The van der Waals surface area contributed by atoms with Crippen molar-refractivity contribution in [3.05, 3.63) is 0 Å². The number of hydrogen-bond donors (Lipinski definition) is 2. The highest BCUT2D eigenvalue weighted by Gasteiger charge is 2.03. The van der Waals surface area contributed by atoms with E-state index in [1.165, 1.54) is 186 Å². The third-order valence-corrected chi connectivity index (χ3v) is 8.29. The summed E-state index contributed by atoms with van der Waals surface area (Å²) in [4.78, 5) is 0. The fraction of sp³-hybridized carbons (Fsp3) is 1.00. The molecule has 0 aromatic rings. The van der Waals surface area contributed by atoms with Crippen LogP contribution in [-0.4, -0.2) is 22.9 Å². The zero-order chi connectivity index (χ0) is 28.9. The Labute approximate surface area is 248 Å². The van der Waals surface area contributed by atoms with E-state index in [1.807, 2.05) is 0 Å². The van der Waals surface area contributed by atoms with Crippen molar-refractivity contribution in [2.24, 2.45) is 0 Å². The zero-order valence-electron chi connectivity index (χ0n) is 27.8. The van der Waals surface area contributed by atoms with E-state index >= 15 is 0 Å². The van der Waals surface area contributed by atoms with Crippen LogP contribution in [0, 0.1) is 0 Å². The lowest BCUT2D eigenvalue weighted by molar-refractivity contribution is 0.147. The lowest BCUT2D eigenvalue weighted by Gasteiger charge is -2.10. The molecule has 0 spiro atoms. The highest BCUT2D eigenvalue weighted by Crippen LogP contribution is 2.15. The van der Waals surface area contributed by atoms with Gasteiger partial charge in [0.05, 0.1) is 6.10 Å². The van der Waals surface area contributed by atoms with E-state index in [9.17, 15) is 5.11 Å². The Bertz CT molecular complexity index is 350. The molecule has 0 aliphatic carbocycles. The Kier molecular flexibility index (Phi) is 42.2. The summed E-state index contributed by atoms with van der Waals surface area (Å²) in [5, 5.41) is 18.5. The second kappa shape index (κ2) is 40.1. The molecule has 0 aliphatic heterocycles. The number of unbranched alkanes of at least 4 members (excludes halogenated alkanes) is 27. The molecule has 2 nitrogen and oxygen atoms in total. The average molecular weight is 555 g/mol. The minimum Gasteiger partial charge on any atom is -0.396 e. The monoisotopic (exact) mass is 555 g/mol. The Morgan fingerprint density at radius 2 is 0.513 bits per heavy atom. The van der Waals surface area contributed by atoms with Gasteiger partial charge in [-0.2, -0.15) is 0 Å². The molecular formula is C37H78O2. The van der Waals surface area contributed by atoms with E-state index in [4.69, 9.17) is 5.11 Å². The smallest absolute Gasteiger partial charge is 0.0540 e. The molecule has 0 heterocycles. The molecule has 0 rings (SSSR count). The van der Waals surface area contributed by atoms with E-state index in [1.54, 1.807) is 0 Å². The lowest BCUT2D eigenvalue weighted by Crippen LogP contribution is -2.05. The summed E-state index contributed by atoms with van der Waals surface area (Å²) in [6.45, 7) is 7.17. The molecule has 0 saturated carbocycles. The van der Waals surface area contributed by atoms with Gasteiger partial charge in [0.2, 0.25) is 0 Å². The summed E-state index contributed by atoms with van der Waals surface area (Å²) in [5.41, 5.74) is 0. The third-order valence-electron chi connectivity index (χ3n) is 8.29. The molecule has 0 radical (unpaired) electrons. The molecule has 0 aromatic heterocycles. The maximum Gasteiger partial charge on any atom is 0.0540 e. The first kappa shape index (κ1) is 41.1. The standard InChI is InChI=1S/C20H42O.C17H36O/c1-2-3-4-5-6-7-8-9-10-11-12-13-14-15-16-17-18-19-20-21;1-3-5-7-9-11-13-15-17(18)16-14-12-10-8-6-4-2/h21H,2-20H2,1H3;17-18H,3-16H2,1-2H3. The molecule has 0 bridgehead atoms. The average Bonchev–Trinajstić information content (AvgIpc) is 2.94. The van der Waals surface area contributed by atoms with Gasteiger partial charge in [-0.15, -0.1) is 0 Å². The van der Waals surface area contributed by atoms with Crippen LogP contribution in [0.15, 0.2) is 0 Å². The van der Waals surface area contributed by atoms with Crippen molar-refractivity contribution in [1.29, 1.82) is 0 Å². The van der Waals surface area contributed by atoms with Crippen LogP contribution in [-0.2, 0) is 0 Å². The maximum atomic E-state index is 9.85. The van der Waals surface area contributed by atoms with Crippen LogP contribution < -0.4 is 0 Å².